The van der Waals surface area contributed by atoms with E-state index in [0.29, 0.717) is 5.71 Å². The number of carbonyl (C=O) groups excluding carboxylic acids is 1. The van der Waals surface area contributed by atoms with Gasteiger partial charge in [-0.25, -0.2) is 10.2 Å². The summed E-state index contributed by atoms with van der Waals surface area (Å²) in [6.07, 6.45) is 4.45. The van der Waals surface area contributed by atoms with Crippen LogP contribution in [0.3, 0.4) is 0 Å². The molecule has 0 aromatic heterocycles. The summed E-state index contributed by atoms with van der Waals surface area (Å²) in [5.74, 6) is -0.372. The minimum Gasteiger partial charge on any atom is -0.464 e. The Morgan fingerprint density at radius 1 is 1.85 bits per heavy atom. The molecule has 2 aliphatic rings. The molecule has 1 unspecified atom stereocenters. The molecule has 0 aromatic rings. The van der Waals surface area contributed by atoms with E-state index in [1.807, 2.05) is 11.2 Å². The van der Waals surface area contributed by atoms with Crippen LogP contribution in [-0.2, 0) is 9.53 Å². The predicted molar refractivity (Wildman–Crippen MR) is 46.8 cm³/mol. The Kier molecular flexibility index (Phi) is 2.02. The molecule has 1 atom stereocenters. The van der Waals surface area contributed by atoms with Gasteiger partial charge in [-0.05, 0) is 6.08 Å². The standard InChI is InChI=1S/C8H11N3O2/c1-13-8(12)6-3-5-11-7(10-6)2-4-9-11/h3,5,7,9H,2,4H2,1H3. The lowest BCUT2D eigenvalue weighted by Crippen LogP contribution is -2.35. The third-order valence-corrected chi connectivity index (χ3v) is 2.09. The summed E-state index contributed by atoms with van der Waals surface area (Å²) in [7, 11) is 1.36. The molecule has 2 aliphatic heterocycles. The molecule has 70 valence electrons. The average Bonchev–Trinajstić information content (AvgIpc) is 2.63. The zero-order chi connectivity index (χ0) is 9.26. The van der Waals surface area contributed by atoms with Gasteiger partial charge >= 0.3 is 5.97 Å². The van der Waals surface area contributed by atoms with E-state index in [1.165, 1.54) is 7.11 Å². The number of esters is 1. The van der Waals surface area contributed by atoms with Gasteiger partial charge in [0, 0.05) is 19.2 Å². The van der Waals surface area contributed by atoms with Gasteiger partial charge in [0.25, 0.3) is 0 Å². The number of hydrazine groups is 1. The van der Waals surface area contributed by atoms with Crippen molar-refractivity contribution < 1.29 is 9.53 Å². The first-order valence-corrected chi connectivity index (χ1v) is 4.17. The first kappa shape index (κ1) is 8.25. The van der Waals surface area contributed by atoms with Crippen molar-refractivity contribution in [1.82, 2.24) is 10.4 Å². The molecule has 5 heteroatoms. The molecule has 13 heavy (non-hydrogen) atoms. The van der Waals surface area contributed by atoms with E-state index in [1.54, 1.807) is 6.08 Å². The Balaban J connectivity index is 2.15. The Labute approximate surface area is 76.0 Å². The number of ether oxygens (including phenoxy) is 1. The highest BCUT2D eigenvalue weighted by atomic mass is 16.5. The van der Waals surface area contributed by atoms with Crippen LogP contribution in [-0.4, -0.2) is 36.5 Å². The second-order valence-electron chi connectivity index (χ2n) is 2.91. The van der Waals surface area contributed by atoms with Crippen molar-refractivity contribution in [1.29, 1.82) is 0 Å². The molecule has 0 radical (unpaired) electrons. The highest BCUT2D eigenvalue weighted by molar-refractivity contribution is 6.41. The van der Waals surface area contributed by atoms with E-state index in [2.05, 4.69) is 15.2 Å². The molecule has 1 saturated heterocycles. The molecule has 0 spiro atoms. The monoisotopic (exact) mass is 181 g/mol. The largest absolute Gasteiger partial charge is 0.464 e. The van der Waals surface area contributed by atoms with Crippen LogP contribution in [0.2, 0.25) is 0 Å². The van der Waals surface area contributed by atoms with Crippen LogP contribution in [0.5, 0.6) is 0 Å². The number of rotatable bonds is 1. The molecule has 1 N–H and O–H groups in total. The number of hydrogen-bond donors (Lipinski definition) is 1. The van der Waals surface area contributed by atoms with Crippen molar-refractivity contribution in [3.05, 3.63) is 12.3 Å². The maximum atomic E-state index is 11.1. The molecule has 0 saturated carbocycles. The summed E-state index contributed by atoms with van der Waals surface area (Å²) < 4.78 is 4.58. The number of fused-ring (bicyclic) bond motifs is 1. The van der Waals surface area contributed by atoms with E-state index in [-0.39, 0.29) is 12.1 Å². The molecular weight excluding hydrogens is 170 g/mol. The number of nitrogens with one attached hydrogen (secondary N) is 1. The fourth-order valence-electron chi connectivity index (χ4n) is 1.43. The van der Waals surface area contributed by atoms with Gasteiger partial charge in [-0.15, -0.1) is 0 Å². The first-order chi connectivity index (χ1) is 6.31. The number of methoxy groups -OCH3 is 1. The third kappa shape index (κ3) is 1.42. The van der Waals surface area contributed by atoms with Crippen molar-refractivity contribution in [3.63, 3.8) is 0 Å². The normalized spacial score (nSPS) is 25.5. The third-order valence-electron chi connectivity index (χ3n) is 2.09. The smallest absolute Gasteiger partial charge is 0.356 e. The quantitative estimate of drug-likeness (QED) is 0.562. The van der Waals surface area contributed by atoms with Crippen molar-refractivity contribution in [3.8, 4) is 0 Å². The van der Waals surface area contributed by atoms with Crippen LogP contribution >= 0.6 is 0 Å². The summed E-state index contributed by atoms with van der Waals surface area (Å²) in [6, 6.07) is 0. The zero-order valence-electron chi connectivity index (χ0n) is 7.36. The van der Waals surface area contributed by atoms with E-state index in [0.717, 1.165) is 13.0 Å². The second-order valence-corrected chi connectivity index (χ2v) is 2.91. The number of carbonyl (C=O) groups is 1. The van der Waals surface area contributed by atoms with Gasteiger partial charge in [-0.1, -0.05) is 0 Å². The predicted octanol–water partition coefficient (Wildman–Crippen LogP) is -0.336. The van der Waals surface area contributed by atoms with Crippen molar-refractivity contribution in [2.45, 2.75) is 12.6 Å². The second kappa shape index (κ2) is 3.18. The SMILES string of the molecule is COC(=O)C1=NC2CCNN2C=C1. The zero-order valence-corrected chi connectivity index (χ0v) is 7.36. The fourth-order valence-corrected chi connectivity index (χ4v) is 1.43. The lowest BCUT2D eigenvalue weighted by molar-refractivity contribution is -0.132. The highest BCUT2D eigenvalue weighted by Crippen LogP contribution is 2.14. The molecule has 0 aliphatic carbocycles. The van der Waals surface area contributed by atoms with Crippen LogP contribution in [0.1, 0.15) is 6.42 Å². The molecule has 0 bridgehead atoms. The van der Waals surface area contributed by atoms with E-state index >= 15 is 0 Å². The molecule has 5 nitrogen and oxygen atoms in total. The van der Waals surface area contributed by atoms with Gasteiger partial charge in [-0.2, -0.15) is 0 Å². The van der Waals surface area contributed by atoms with E-state index in [9.17, 15) is 4.79 Å². The molecular formula is C8H11N3O2. The van der Waals surface area contributed by atoms with Gasteiger partial charge in [0.15, 0.2) is 0 Å². The summed E-state index contributed by atoms with van der Waals surface area (Å²) in [5.41, 5.74) is 3.52. The molecule has 2 heterocycles. The Bertz CT molecular complexity index is 285. The number of hydrogen-bond acceptors (Lipinski definition) is 5. The Morgan fingerprint density at radius 3 is 3.46 bits per heavy atom. The molecule has 1 fully saturated rings. The maximum absolute atomic E-state index is 11.1. The summed E-state index contributed by atoms with van der Waals surface area (Å²) in [5, 5.41) is 1.90. The lowest BCUT2D eigenvalue weighted by Gasteiger charge is -2.22. The summed E-state index contributed by atoms with van der Waals surface area (Å²) >= 11 is 0. The average molecular weight is 181 g/mol. The Morgan fingerprint density at radius 2 is 2.69 bits per heavy atom. The minimum atomic E-state index is -0.372. The van der Waals surface area contributed by atoms with Gasteiger partial charge in [-0.3, -0.25) is 10.0 Å². The highest BCUT2D eigenvalue weighted by Gasteiger charge is 2.25. The van der Waals surface area contributed by atoms with Crippen LogP contribution < -0.4 is 5.43 Å². The van der Waals surface area contributed by atoms with Gasteiger partial charge < -0.3 is 4.74 Å². The lowest BCUT2D eigenvalue weighted by atomic mass is 10.3. The van der Waals surface area contributed by atoms with Crippen LogP contribution in [0, 0.1) is 0 Å². The number of nitrogens with zero attached hydrogens (tertiary/aromatic N) is 2. The van der Waals surface area contributed by atoms with Gasteiger partial charge in [0.1, 0.15) is 11.9 Å². The summed E-state index contributed by atoms with van der Waals surface area (Å²) in [4.78, 5) is 15.3. The van der Waals surface area contributed by atoms with Crippen molar-refractivity contribution in [2.75, 3.05) is 13.7 Å². The number of aliphatic imine (C=N–C) groups is 1. The van der Waals surface area contributed by atoms with Crippen LogP contribution in [0.4, 0.5) is 0 Å². The Hall–Kier alpha value is -1.36. The van der Waals surface area contributed by atoms with Crippen LogP contribution in [0.25, 0.3) is 0 Å². The molecule has 0 aromatic carbocycles. The van der Waals surface area contributed by atoms with Gasteiger partial charge in [0.2, 0.25) is 0 Å². The molecule has 0 amide bonds. The van der Waals surface area contributed by atoms with E-state index < -0.39 is 0 Å². The van der Waals surface area contributed by atoms with E-state index in [4.69, 9.17) is 0 Å². The topological polar surface area (TPSA) is 53.9 Å². The minimum absolute atomic E-state index is 0.0547. The van der Waals surface area contributed by atoms with Gasteiger partial charge in [0.05, 0.1) is 7.11 Å². The fraction of sp³-hybridized carbons (Fsp3) is 0.500. The molecule has 2 rings (SSSR count). The summed E-state index contributed by atoms with van der Waals surface area (Å²) in [6.45, 7) is 0.896. The first-order valence-electron chi connectivity index (χ1n) is 4.17. The van der Waals surface area contributed by atoms with Crippen molar-refractivity contribution >= 4 is 11.7 Å². The van der Waals surface area contributed by atoms with Crippen molar-refractivity contribution in [2.24, 2.45) is 4.99 Å². The van der Waals surface area contributed by atoms with Crippen LogP contribution in [0.15, 0.2) is 17.3 Å². The maximum Gasteiger partial charge on any atom is 0.356 e.